The number of nitrogens with zero attached hydrogens (tertiary/aromatic N) is 5. The Balaban J connectivity index is 1.35. The summed E-state index contributed by atoms with van der Waals surface area (Å²) in [6, 6.07) is 11.7. The zero-order valence-corrected chi connectivity index (χ0v) is 23.0. The standard InChI is InChI=1S/C28H34N6O4S/c1-37-25-17-21-23(18-26(25)38-14-6-13-33-11-4-5-12-33)31-28(34-19-29-22-7-2-3-8-24(22)34)32-27(21)30-20-9-15-39(35,36)16-10-20/h2-3,7-8,17-20H,4-6,9-16H2,1H3,(H,30,31,32). The molecule has 0 spiro atoms. The smallest absolute Gasteiger partial charge is 0.237 e. The molecule has 0 saturated carbocycles. The molecular weight excluding hydrogens is 516 g/mol. The Kier molecular flexibility index (Phi) is 7.26. The van der Waals surface area contributed by atoms with E-state index in [1.807, 2.05) is 41.0 Å². The van der Waals surface area contributed by atoms with Crippen molar-refractivity contribution in [3.05, 3.63) is 42.7 Å². The molecule has 2 aromatic heterocycles. The second-order valence-electron chi connectivity index (χ2n) is 10.3. The maximum atomic E-state index is 12.0. The molecule has 4 aromatic rings. The zero-order valence-electron chi connectivity index (χ0n) is 22.2. The number of hydrogen-bond acceptors (Lipinski definition) is 9. The third-order valence-electron chi connectivity index (χ3n) is 7.61. The van der Waals surface area contributed by atoms with Gasteiger partial charge in [-0.2, -0.15) is 4.98 Å². The van der Waals surface area contributed by atoms with Crippen molar-refractivity contribution in [2.75, 3.05) is 50.2 Å². The molecule has 4 heterocycles. The largest absolute Gasteiger partial charge is 0.493 e. The van der Waals surface area contributed by atoms with E-state index in [0.29, 0.717) is 48.2 Å². The van der Waals surface area contributed by atoms with Gasteiger partial charge in [0.05, 0.1) is 41.8 Å². The molecule has 39 heavy (non-hydrogen) atoms. The molecule has 0 bridgehead atoms. The molecule has 206 valence electrons. The van der Waals surface area contributed by atoms with E-state index in [2.05, 4.69) is 15.2 Å². The van der Waals surface area contributed by atoms with E-state index in [1.165, 1.54) is 25.9 Å². The minimum Gasteiger partial charge on any atom is -0.493 e. The van der Waals surface area contributed by atoms with Gasteiger partial charge in [-0.1, -0.05) is 12.1 Å². The molecule has 11 heteroatoms. The molecule has 2 saturated heterocycles. The van der Waals surface area contributed by atoms with E-state index < -0.39 is 9.84 Å². The van der Waals surface area contributed by atoms with Gasteiger partial charge in [0.1, 0.15) is 22.0 Å². The quantitative estimate of drug-likeness (QED) is 0.311. The summed E-state index contributed by atoms with van der Waals surface area (Å²) in [5.41, 5.74) is 2.46. The van der Waals surface area contributed by atoms with Crippen LogP contribution in [0, 0.1) is 0 Å². The molecule has 0 amide bonds. The highest BCUT2D eigenvalue weighted by Crippen LogP contribution is 2.36. The molecule has 6 rings (SSSR count). The van der Waals surface area contributed by atoms with Gasteiger partial charge in [0.25, 0.3) is 0 Å². The summed E-state index contributed by atoms with van der Waals surface area (Å²) in [4.78, 5) is 16.8. The van der Waals surface area contributed by atoms with Crippen LogP contribution >= 0.6 is 0 Å². The van der Waals surface area contributed by atoms with Crippen LogP contribution in [0.2, 0.25) is 0 Å². The monoisotopic (exact) mass is 550 g/mol. The number of aromatic nitrogens is 4. The number of imidazole rings is 1. The summed E-state index contributed by atoms with van der Waals surface area (Å²) in [7, 11) is -1.35. The van der Waals surface area contributed by atoms with Crippen LogP contribution in [0.4, 0.5) is 5.82 Å². The van der Waals surface area contributed by atoms with E-state index in [9.17, 15) is 8.42 Å². The number of hydrogen-bond donors (Lipinski definition) is 1. The lowest BCUT2D eigenvalue weighted by Gasteiger charge is -2.24. The molecule has 0 unspecified atom stereocenters. The third-order valence-corrected chi connectivity index (χ3v) is 9.32. The first-order valence-corrected chi connectivity index (χ1v) is 15.5. The molecule has 0 atom stereocenters. The van der Waals surface area contributed by atoms with Crippen LogP contribution in [0.1, 0.15) is 32.1 Å². The average Bonchev–Trinajstić information content (AvgIpc) is 3.62. The summed E-state index contributed by atoms with van der Waals surface area (Å²) in [5.74, 6) is 2.71. The fourth-order valence-corrected chi connectivity index (χ4v) is 6.93. The van der Waals surface area contributed by atoms with Gasteiger partial charge < -0.3 is 19.7 Å². The lowest BCUT2D eigenvalue weighted by Crippen LogP contribution is -2.32. The Morgan fingerprint density at radius 2 is 1.82 bits per heavy atom. The Bertz CT molecular complexity index is 1570. The lowest BCUT2D eigenvalue weighted by atomic mass is 10.1. The molecule has 0 radical (unpaired) electrons. The number of para-hydroxylation sites is 2. The summed E-state index contributed by atoms with van der Waals surface area (Å²) >= 11 is 0. The first-order valence-electron chi connectivity index (χ1n) is 13.6. The Labute approximate surface area is 228 Å². The van der Waals surface area contributed by atoms with E-state index >= 15 is 0 Å². The average molecular weight is 551 g/mol. The molecule has 2 aliphatic heterocycles. The molecule has 2 fully saturated rings. The molecule has 0 aliphatic carbocycles. The summed E-state index contributed by atoms with van der Waals surface area (Å²) in [6.45, 7) is 3.96. The topological polar surface area (TPSA) is 111 Å². The van der Waals surface area contributed by atoms with Crippen molar-refractivity contribution >= 4 is 37.6 Å². The van der Waals surface area contributed by atoms with Crippen molar-refractivity contribution in [3.63, 3.8) is 0 Å². The van der Waals surface area contributed by atoms with Gasteiger partial charge in [-0.15, -0.1) is 0 Å². The number of sulfone groups is 1. The maximum absolute atomic E-state index is 12.0. The highest BCUT2D eigenvalue weighted by Gasteiger charge is 2.25. The van der Waals surface area contributed by atoms with E-state index in [-0.39, 0.29) is 17.5 Å². The first kappa shape index (κ1) is 25.8. The van der Waals surface area contributed by atoms with Gasteiger partial charge in [-0.25, -0.2) is 18.4 Å². The highest BCUT2D eigenvalue weighted by molar-refractivity contribution is 7.91. The number of fused-ring (bicyclic) bond motifs is 2. The molecule has 2 aliphatic rings. The zero-order chi connectivity index (χ0) is 26.8. The predicted octanol–water partition coefficient (Wildman–Crippen LogP) is 3.83. The van der Waals surface area contributed by atoms with Gasteiger partial charge in [-0.05, 0) is 63.4 Å². The van der Waals surface area contributed by atoms with Crippen LogP contribution in [-0.4, -0.2) is 83.7 Å². The maximum Gasteiger partial charge on any atom is 0.237 e. The number of anilines is 1. The van der Waals surface area contributed by atoms with Crippen LogP contribution < -0.4 is 14.8 Å². The summed E-state index contributed by atoms with van der Waals surface area (Å²) in [5, 5.41) is 4.30. The van der Waals surface area contributed by atoms with E-state index in [0.717, 1.165) is 29.4 Å². The molecule has 2 aromatic carbocycles. The van der Waals surface area contributed by atoms with Crippen molar-refractivity contribution in [2.45, 2.75) is 38.1 Å². The van der Waals surface area contributed by atoms with Gasteiger partial charge >= 0.3 is 0 Å². The SMILES string of the molecule is COc1cc2c(NC3CCS(=O)(=O)CC3)nc(-n3cnc4ccccc43)nc2cc1OCCCN1CCCC1. The Morgan fingerprint density at radius 1 is 1.03 bits per heavy atom. The second kappa shape index (κ2) is 11.0. The van der Waals surface area contributed by atoms with Crippen molar-refractivity contribution in [1.82, 2.24) is 24.4 Å². The number of likely N-dealkylation sites (tertiary alicyclic amines) is 1. The number of benzene rings is 2. The van der Waals surface area contributed by atoms with Crippen molar-refractivity contribution in [1.29, 1.82) is 0 Å². The Morgan fingerprint density at radius 3 is 2.62 bits per heavy atom. The van der Waals surface area contributed by atoms with Gasteiger partial charge in [0, 0.05) is 24.0 Å². The predicted molar refractivity (Wildman–Crippen MR) is 152 cm³/mol. The minimum absolute atomic E-state index is 0.00786. The number of ether oxygens (including phenoxy) is 2. The van der Waals surface area contributed by atoms with Crippen molar-refractivity contribution < 1.29 is 17.9 Å². The minimum atomic E-state index is -2.98. The van der Waals surface area contributed by atoms with Gasteiger partial charge in [0.15, 0.2) is 11.5 Å². The number of rotatable bonds is 9. The van der Waals surface area contributed by atoms with Crippen molar-refractivity contribution in [3.8, 4) is 17.4 Å². The first-order chi connectivity index (χ1) is 19.0. The van der Waals surface area contributed by atoms with E-state index in [1.54, 1.807) is 13.4 Å². The van der Waals surface area contributed by atoms with Crippen LogP contribution in [0.3, 0.4) is 0 Å². The lowest BCUT2D eigenvalue weighted by molar-refractivity contribution is 0.254. The fourth-order valence-electron chi connectivity index (χ4n) is 5.44. The second-order valence-corrected chi connectivity index (χ2v) is 12.6. The van der Waals surface area contributed by atoms with Crippen LogP contribution in [0.15, 0.2) is 42.7 Å². The van der Waals surface area contributed by atoms with Crippen LogP contribution in [0.5, 0.6) is 11.5 Å². The van der Waals surface area contributed by atoms with E-state index in [4.69, 9.17) is 19.4 Å². The third kappa shape index (κ3) is 5.65. The molecule has 10 nitrogen and oxygen atoms in total. The molecular formula is C28H34N6O4S. The van der Waals surface area contributed by atoms with Gasteiger partial charge in [-0.3, -0.25) is 4.57 Å². The molecule has 1 N–H and O–H groups in total. The number of methoxy groups -OCH3 is 1. The summed E-state index contributed by atoms with van der Waals surface area (Å²) in [6.07, 6.45) is 6.29. The highest BCUT2D eigenvalue weighted by atomic mass is 32.2. The number of nitrogens with one attached hydrogen (secondary N) is 1. The van der Waals surface area contributed by atoms with Crippen LogP contribution in [-0.2, 0) is 9.84 Å². The Hall–Kier alpha value is -3.44. The van der Waals surface area contributed by atoms with Gasteiger partial charge in [0.2, 0.25) is 5.95 Å². The van der Waals surface area contributed by atoms with Crippen LogP contribution in [0.25, 0.3) is 27.9 Å². The fraction of sp³-hybridized carbons (Fsp3) is 0.464. The van der Waals surface area contributed by atoms with Crippen molar-refractivity contribution in [2.24, 2.45) is 0 Å². The normalized spacial score (nSPS) is 18.1. The summed E-state index contributed by atoms with van der Waals surface area (Å²) < 4.78 is 37.8.